The molecule has 0 atom stereocenters. The number of nitrogens with zero attached hydrogens (tertiary/aromatic N) is 1. The largest absolute Gasteiger partial charge is 0.245 e. The van der Waals surface area contributed by atoms with Gasteiger partial charge in [0.1, 0.15) is 5.01 Å². The number of thiazole rings is 1. The average molecular weight is 187 g/mol. The van der Waals surface area contributed by atoms with Gasteiger partial charge in [-0.2, -0.15) is 11.8 Å². The van der Waals surface area contributed by atoms with Crippen LogP contribution in [-0.2, 0) is 4.75 Å². The fourth-order valence-corrected chi connectivity index (χ4v) is 2.15. The van der Waals surface area contributed by atoms with Gasteiger partial charge >= 0.3 is 0 Å². The molecule has 62 valence electrons. The van der Waals surface area contributed by atoms with E-state index >= 15 is 0 Å². The summed E-state index contributed by atoms with van der Waals surface area (Å²) in [6.45, 7) is 6.45. The van der Waals surface area contributed by atoms with E-state index in [-0.39, 0.29) is 4.75 Å². The number of thioether (sulfide) groups is 1. The summed E-state index contributed by atoms with van der Waals surface area (Å²) in [6, 6.07) is 0. The van der Waals surface area contributed by atoms with E-state index in [1.165, 1.54) is 5.01 Å². The van der Waals surface area contributed by atoms with E-state index in [1.54, 1.807) is 11.3 Å². The molecule has 0 radical (unpaired) electrons. The lowest BCUT2D eigenvalue weighted by Crippen LogP contribution is -2.10. The minimum atomic E-state index is 0.179. The number of rotatable bonds is 2. The Balaban J connectivity index is 2.92. The monoisotopic (exact) mass is 187 g/mol. The predicted molar refractivity (Wildman–Crippen MR) is 53.4 cm³/mol. The smallest absolute Gasteiger partial charge is 0.108 e. The molecule has 1 aromatic heterocycles. The number of hydrogen-bond acceptors (Lipinski definition) is 3. The van der Waals surface area contributed by atoms with Gasteiger partial charge in [-0.25, -0.2) is 4.98 Å². The second-order valence-electron chi connectivity index (χ2n) is 3.01. The molecule has 0 saturated heterocycles. The highest BCUT2D eigenvalue weighted by atomic mass is 32.2. The molecule has 0 saturated carbocycles. The van der Waals surface area contributed by atoms with E-state index in [2.05, 4.69) is 30.5 Å². The Hall–Kier alpha value is -0.0200. The van der Waals surface area contributed by atoms with Gasteiger partial charge in [-0.3, -0.25) is 0 Å². The second kappa shape index (κ2) is 3.15. The van der Waals surface area contributed by atoms with Crippen LogP contribution in [0.5, 0.6) is 0 Å². The van der Waals surface area contributed by atoms with Gasteiger partial charge in [0.2, 0.25) is 0 Å². The van der Waals surface area contributed by atoms with E-state index in [9.17, 15) is 0 Å². The molecular weight excluding hydrogens is 174 g/mol. The molecule has 0 N–H and O–H groups in total. The van der Waals surface area contributed by atoms with Gasteiger partial charge in [0.25, 0.3) is 0 Å². The molecule has 1 aromatic rings. The van der Waals surface area contributed by atoms with Gasteiger partial charge in [0, 0.05) is 11.1 Å². The Kier molecular flexibility index (Phi) is 2.60. The molecule has 1 heterocycles. The van der Waals surface area contributed by atoms with Crippen molar-refractivity contribution in [2.75, 3.05) is 6.26 Å². The predicted octanol–water partition coefficient (Wildman–Crippen LogP) is 3.05. The Morgan fingerprint density at radius 2 is 2.18 bits per heavy atom. The summed E-state index contributed by atoms with van der Waals surface area (Å²) >= 11 is 3.59. The fourth-order valence-electron chi connectivity index (χ4n) is 0.718. The lowest BCUT2D eigenvalue weighted by Gasteiger charge is -2.17. The van der Waals surface area contributed by atoms with Gasteiger partial charge in [-0.15, -0.1) is 11.3 Å². The quantitative estimate of drug-likeness (QED) is 0.706. The van der Waals surface area contributed by atoms with Crippen molar-refractivity contribution in [1.29, 1.82) is 0 Å². The van der Waals surface area contributed by atoms with Crippen molar-refractivity contribution in [3.8, 4) is 0 Å². The zero-order valence-electron chi connectivity index (χ0n) is 7.34. The molecule has 0 aliphatic carbocycles. The van der Waals surface area contributed by atoms with Crippen molar-refractivity contribution >= 4 is 23.1 Å². The highest BCUT2D eigenvalue weighted by Gasteiger charge is 2.21. The van der Waals surface area contributed by atoms with Crippen molar-refractivity contribution in [3.05, 3.63) is 16.1 Å². The second-order valence-corrected chi connectivity index (χ2v) is 5.30. The molecule has 0 spiro atoms. The van der Waals surface area contributed by atoms with Crippen LogP contribution in [0.4, 0.5) is 0 Å². The lowest BCUT2D eigenvalue weighted by atomic mass is 10.2. The van der Waals surface area contributed by atoms with Crippen LogP contribution in [0.15, 0.2) is 5.38 Å². The van der Waals surface area contributed by atoms with Gasteiger partial charge in [0.15, 0.2) is 0 Å². The van der Waals surface area contributed by atoms with Crippen molar-refractivity contribution in [2.45, 2.75) is 25.5 Å². The van der Waals surface area contributed by atoms with Crippen molar-refractivity contribution in [3.63, 3.8) is 0 Å². The summed E-state index contributed by atoms with van der Waals surface area (Å²) in [5, 5.41) is 3.33. The maximum absolute atomic E-state index is 4.45. The molecule has 0 unspecified atom stereocenters. The number of aryl methyl sites for hydroxylation is 1. The van der Waals surface area contributed by atoms with E-state index < -0.39 is 0 Å². The first-order valence-corrected chi connectivity index (χ1v) is 5.64. The molecule has 0 amide bonds. The molecule has 1 rings (SSSR count). The summed E-state index contributed by atoms with van der Waals surface area (Å²) in [7, 11) is 0. The minimum absolute atomic E-state index is 0.179. The molecular formula is C8H13NS2. The molecule has 11 heavy (non-hydrogen) atoms. The maximum atomic E-state index is 4.45. The van der Waals surface area contributed by atoms with Crippen LogP contribution in [0.3, 0.4) is 0 Å². The van der Waals surface area contributed by atoms with Crippen LogP contribution in [0.1, 0.15) is 24.5 Å². The maximum Gasteiger partial charge on any atom is 0.108 e. The SMILES string of the molecule is CSC(C)(C)c1nc(C)cs1. The Morgan fingerprint density at radius 1 is 1.55 bits per heavy atom. The third-order valence-corrected chi connectivity index (χ3v) is 4.27. The van der Waals surface area contributed by atoms with Crippen molar-refractivity contribution in [1.82, 2.24) is 4.98 Å². The van der Waals surface area contributed by atoms with Gasteiger partial charge in [0.05, 0.1) is 4.75 Å². The van der Waals surface area contributed by atoms with E-state index in [4.69, 9.17) is 0 Å². The standard InChI is InChI=1S/C8H13NS2/c1-6-5-11-7(9-6)8(2,3)10-4/h5H,1-4H3. The minimum Gasteiger partial charge on any atom is -0.245 e. The Bertz CT molecular complexity index is 240. The molecule has 3 heteroatoms. The average Bonchev–Trinajstić information content (AvgIpc) is 2.36. The van der Waals surface area contributed by atoms with Crippen LogP contribution in [0.2, 0.25) is 0 Å². The molecule has 0 aliphatic rings. The third-order valence-electron chi connectivity index (χ3n) is 1.64. The van der Waals surface area contributed by atoms with Crippen LogP contribution in [0, 0.1) is 6.92 Å². The zero-order chi connectivity index (χ0) is 8.48. The van der Waals surface area contributed by atoms with Gasteiger partial charge < -0.3 is 0 Å². The van der Waals surface area contributed by atoms with Crippen LogP contribution in [0.25, 0.3) is 0 Å². The summed E-state index contributed by atoms with van der Waals surface area (Å²) in [4.78, 5) is 4.45. The van der Waals surface area contributed by atoms with Crippen molar-refractivity contribution in [2.24, 2.45) is 0 Å². The highest BCUT2D eigenvalue weighted by Crippen LogP contribution is 2.35. The Labute approximate surface area is 76.2 Å². The van der Waals surface area contributed by atoms with Crippen LogP contribution >= 0.6 is 23.1 Å². The van der Waals surface area contributed by atoms with E-state index in [0.29, 0.717) is 0 Å². The number of aromatic nitrogens is 1. The highest BCUT2D eigenvalue weighted by molar-refractivity contribution is 7.99. The van der Waals surface area contributed by atoms with Crippen LogP contribution in [-0.4, -0.2) is 11.2 Å². The molecule has 0 aliphatic heterocycles. The normalized spacial score (nSPS) is 12.0. The summed E-state index contributed by atoms with van der Waals surface area (Å²) in [6.07, 6.45) is 2.12. The first-order valence-electron chi connectivity index (χ1n) is 3.54. The number of hydrogen-bond donors (Lipinski definition) is 0. The molecule has 0 aromatic carbocycles. The van der Waals surface area contributed by atoms with E-state index in [0.717, 1.165) is 5.69 Å². The first kappa shape index (κ1) is 9.07. The molecule has 1 nitrogen and oxygen atoms in total. The van der Waals surface area contributed by atoms with Crippen LogP contribution < -0.4 is 0 Å². The fraction of sp³-hybridized carbons (Fsp3) is 0.625. The van der Waals surface area contributed by atoms with Gasteiger partial charge in [-0.05, 0) is 27.0 Å². The Morgan fingerprint density at radius 3 is 2.55 bits per heavy atom. The van der Waals surface area contributed by atoms with Gasteiger partial charge in [-0.1, -0.05) is 0 Å². The summed E-state index contributed by atoms with van der Waals surface area (Å²) in [5.41, 5.74) is 1.13. The zero-order valence-corrected chi connectivity index (χ0v) is 8.97. The molecule has 0 bridgehead atoms. The van der Waals surface area contributed by atoms with Crippen molar-refractivity contribution < 1.29 is 0 Å². The lowest BCUT2D eigenvalue weighted by molar-refractivity contribution is 0.771. The topological polar surface area (TPSA) is 12.9 Å². The third kappa shape index (κ3) is 1.97. The summed E-state index contributed by atoms with van der Waals surface area (Å²) in [5.74, 6) is 0. The van der Waals surface area contributed by atoms with E-state index in [1.807, 2.05) is 18.7 Å². The molecule has 0 fully saturated rings. The first-order chi connectivity index (χ1) is 5.06. The summed E-state index contributed by atoms with van der Waals surface area (Å²) < 4.78 is 0.179.